The summed E-state index contributed by atoms with van der Waals surface area (Å²) >= 11 is 0. The van der Waals surface area contributed by atoms with Gasteiger partial charge in [0.2, 0.25) is 0 Å². The molecule has 5 heteroatoms. The largest absolute Gasteiger partial charge is 0.398 e. The van der Waals surface area contributed by atoms with E-state index in [0.29, 0.717) is 6.54 Å². The lowest BCUT2D eigenvalue weighted by atomic mass is 10.1. The molecule has 0 aliphatic heterocycles. The zero-order chi connectivity index (χ0) is 15.2. The van der Waals surface area contributed by atoms with Crippen LogP contribution in [0.3, 0.4) is 0 Å². The first kappa shape index (κ1) is 14.5. The Kier molecular flexibility index (Phi) is 4.52. The van der Waals surface area contributed by atoms with Crippen LogP contribution in [0.25, 0.3) is 0 Å². The molecule has 4 nitrogen and oxygen atoms in total. The Morgan fingerprint density at radius 3 is 2.57 bits per heavy atom. The summed E-state index contributed by atoms with van der Waals surface area (Å²) in [7, 11) is 0. The van der Waals surface area contributed by atoms with Crippen molar-refractivity contribution in [3.05, 3.63) is 65.5 Å². The Labute approximate surface area is 122 Å². The second-order valence-corrected chi connectivity index (χ2v) is 4.54. The lowest BCUT2D eigenvalue weighted by Gasteiger charge is -2.20. The van der Waals surface area contributed by atoms with Gasteiger partial charge >= 0.3 is 0 Å². The van der Waals surface area contributed by atoms with E-state index in [9.17, 15) is 9.18 Å². The number of anilines is 1. The van der Waals surface area contributed by atoms with Crippen molar-refractivity contribution in [3.8, 4) is 6.07 Å². The van der Waals surface area contributed by atoms with E-state index in [1.54, 1.807) is 0 Å². The molecule has 0 spiro atoms. The topological polar surface area (TPSA) is 70.1 Å². The number of rotatable bonds is 4. The summed E-state index contributed by atoms with van der Waals surface area (Å²) in [5.41, 5.74) is 6.85. The number of hydrogen-bond acceptors (Lipinski definition) is 3. The zero-order valence-corrected chi connectivity index (χ0v) is 11.3. The van der Waals surface area contributed by atoms with Gasteiger partial charge in [-0.05, 0) is 23.8 Å². The maximum atomic E-state index is 13.0. The quantitative estimate of drug-likeness (QED) is 0.692. The minimum Gasteiger partial charge on any atom is -0.398 e. The third-order valence-electron chi connectivity index (χ3n) is 3.01. The number of benzene rings is 2. The number of nitrogens with two attached hydrogens (primary N) is 1. The normalized spacial score (nSPS) is 9.90. The van der Waals surface area contributed by atoms with Crippen LogP contribution in [0, 0.1) is 17.1 Å². The third-order valence-corrected chi connectivity index (χ3v) is 3.01. The fourth-order valence-corrected chi connectivity index (χ4v) is 1.99. The van der Waals surface area contributed by atoms with E-state index in [2.05, 4.69) is 0 Å². The number of amides is 1. The lowest BCUT2D eigenvalue weighted by molar-refractivity contribution is 0.0766. The molecule has 2 rings (SSSR count). The van der Waals surface area contributed by atoms with Crippen LogP contribution in [0.5, 0.6) is 0 Å². The molecule has 0 bridgehead atoms. The Bertz CT molecular complexity index is 680. The van der Waals surface area contributed by atoms with Gasteiger partial charge < -0.3 is 10.6 Å². The average Bonchev–Trinajstić information content (AvgIpc) is 2.47. The molecule has 0 saturated heterocycles. The van der Waals surface area contributed by atoms with Crippen LogP contribution in [-0.4, -0.2) is 17.4 Å². The molecule has 21 heavy (non-hydrogen) atoms. The van der Waals surface area contributed by atoms with Gasteiger partial charge in [0.25, 0.3) is 5.91 Å². The van der Waals surface area contributed by atoms with Crippen molar-refractivity contribution in [2.24, 2.45) is 0 Å². The molecule has 2 aromatic rings. The van der Waals surface area contributed by atoms with E-state index in [4.69, 9.17) is 11.0 Å². The van der Waals surface area contributed by atoms with Crippen LogP contribution in [0.1, 0.15) is 15.9 Å². The summed E-state index contributed by atoms with van der Waals surface area (Å²) in [6, 6.07) is 14.9. The van der Waals surface area contributed by atoms with Gasteiger partial charge in [-0.3, -0.25) is 4.79 Å². The molecule has 0 heterocycles. The van der Waals surface area contributed by atoms with Gasteiger partial charge in [-0.1, -0.05) is 30.3 Å². The van der Waals surface area contributed by atoms with Gasteiger partial charge in [-0.2, -0.15) is 5.26 Å². The molecule has 0 saturated carbocycles. The highest BCUT2D eigenvalue weighted by atomic mass is 19.1. The Morgan fingerprint density at radius 2 is 1.95 bits per heavy atom. The summed E-state index contributed by atoms with van der Waals surface area (Å²) in [6.07, 6.45) is 0. The van der Waals surface area contributed by atoms with E-state index >= 15 is 0 Å². The highest BCUT2D eigenvalue weighted by Crippen LogP contribution is 2.17. The molecule has 0 radical (unpaired) electrons. The molecule has 0 fully saturated rings. The number of nitriles is 1. The van der Waals surface area contributed by atoms with Gasteiger partial charge in [0.05, 0.1) is 11.6 Å². The van der Waals surface area contributed by atoms with Crippen molar-refractivity contribution in [1.82, 2.24) is 4.90 Å². The first-order valence-electron chi connectivity index (χ1n) is 6.37. The number of carbonyl (C=O) groups is 1. The van der Waals surface area contributed by atoms with E-state index < -0.39 is 11.7 Å². The number of hydrogen-bond donors (Lipinski definition) is 1. The van der Waals surface area contributed by atoms with Gasteiger partial charge in [0, 0.05) is 12.2 Å². The molecule has 0 atom stereocenters. The fraction of sp³-hybridized carbons (Fsp3) is 0.125. The molecule has 2 N–H and O–H groups in total. The Hall–Kier alpha value is -2.87. The number of nitrogen functional groups attached to an aromatic ring is 1. The molecular weight excluding hydrogens is 269 g/mol. The van der Waals surface area contributed by atoms with Crippen molar-refractivity contribution in [1.29, 1.82) is 5.26 Å². The standard InChI is InChI=1S/C16H14FN3O/c17-13-6-7-14(15(19)10-13)16(21)20(9-8-18)11-12-4-2-1-3-5-12/h1-7,10H,9,11,19H2. The zero-order valence-electron chi connectivity index (χ0n) is 11.3. The molecule has 106 valence electrons. The smallest absolute Gasteiger partial charge is 0.257 e. The first-order chi connectivity index (χ1) is 10.1. The maximum Gasteiger partial charge on any atom is 0.257 e. The maximum absolute atomic E-state index is 13.0. The number of halogens is 1. The van der Waals surface area contributed by atoms with Crippen molar-refractivity contribution in [3.63, 3.8) is 0 Å². The van der Waals surface area contributed by atoms with Gasteiger partial charge in [0.15, 0.2) is 0 Å². The predicted molar refractivity (Wildman–Crippen MR) is 77.6 cm³/mol. The van der Waals surface area contributed by atoms with Crippen LogP contribution < -0.4 is 5.73 Å². The SMILES string of the molecule is N#CCN(Cc1ccccc1)C(=O)c1ccc(F)cc1N. The molecule has 0 aromatic heterocycles. The van der Waals surface area contributed by atoms with Crippen LogP contribution in [0.4, 0.5) is 10.1 Å². The monoisotopic (exact) mass is 283 g/mol. The molecule has 1 amide bonds. The summed E-state index contributed by atoms with van der Waals surface area (Å²) < 4.78 is 13.0. The molecule has 0 unspecified atom stereocenters. The second-order valence-electron chi connectivity index (χ2n) is 4.54. The van der Waals surface area contributed by atoms with Gasteiger partial charge in [-0.25, -0.2) is 4.39 Å². The summed E-state index contributed by atoms with van der Waals surface area (Å²) in [4.78, 5) is 13.8. The minimum atomic E-state index is -0.501. The van der Waals surface area contributed by atoms with E-state index in [1.165, 1.54) is 17.0 Å². The summed E-state index contributed by atoms with van der Waals surface area (Å²) in [5, 5.41) is 8.89. The van der Waals surface area contributed by atoms with Crippen molar-refractivity contribution in [2.45, 2.75) is 6.54 Å². The van der Waals surface area contributed by atoms with Crippen molar-refractivity contribution >= 4 is 11.6 Å². The fourth-order valence-electron chi connectivity index (χ4n) is 1.99. The predicted octanol–water partition coefficient (Wildman–Crippen LogP) is 2.57. The van der Waals surface area contributed by atoms with Gasteiger partial charge in [-0.15, -0.1) is 0 Å². The van der Waals surface area contributed by atoms with Gasteiger partial charge in [0.1, 0.15) is 12.4 Å². The van der Waals surface area contributed by atoms with Crippen LogP contribution >= 0.6 is 0 Å². The van der Waals surface area contributed by atoms with E-state index in [0.717, 1.165) is 11.6 Å². The summed E-state index contributed by atoms with van der Waals surface area (Å²) in [6.45, 7) is 0.231. The minimum absolute atomic E-state index is 0.0649. The lowest BCUT2D eigenvalue weighted by Crippen LogP contribution is -2.31. The van der Waals surface area contributed by atoms with Crippen LogP contribution in [-0.2, 0) is 6.54 Å². The highest BCUT2D eigenvalue weighted by molar-refractivity contribution is 5.99. The van der Waals surface area contributed by atoms with E-state index in [1.807, 2.05) is 36.4 Å². The van der Waals surface area contributed by atoms with E-state index in [-0.39, 0.29) is 17.8 Å². The highest BCUT2D eigenvalue weighted by Gasteiger charge is 2.18. The molecular formula is C16H14FN3O. The number of carbonyl (C=O) groups excluding carboxylic acids is 1. The molecule has 0 aliphatic carbocycles. The van der Waals surface area contributed by atoms with Crippen LogP contribution in [0.2, 0.25) is 0 Å². The first-order valence-corrected chi connectivity index (χ1v) is 6.37. The number of nitrogens with zero attached hydrogens (tertiary/aromatic N) is 2. The average molecular weight is 283 g/mol. The molecule has 2 aromatic carbocycles. The van der Waals surface area contributed by atoms with Crippen LogP contribution in [0.15, 0.2) is 48.5 Å². The molecule has 0 aliphatic rings. The Balaban J connectivity index is 2.25. The summed E-state index contributed by atoms with van der Waals surface area (Å²) in [5.74, 6) is -0.892. The van der Waals surface area contributed by atoms with Crippen molar-refractivity contribution in [2.75, 3.05) is 12.3 Å². The third kappa shape index (κ3) is 3.57. The van der Waals surface area contributed by atoms with Crippen molar-refractivity contribution < 1.29 is 9.18 Å². The Morgan fingerprint density at radius 1 is 1.24 bits per heavy atom. The second kappa shape index (κ2) is 6.53.